The van der Waals surface area contributed by atoms with Crippen LogP contribution in [0.5, 0.6) is 5.75 Å². The predicted octanol–water partition coefficient (Wildman–Crippen LogP) is 1.80. The van der Waals surface area contributed by atoms with Crippen molar-refractivity contribution in [2.24, 2.45) is 0 Å². The van der Waals surface area contributed by atoms with Gasteiger partial charge in [0, 0.05) is 6.42 Å². The van der Waals surface area contributed by atoms with Crippen LogP contribution in [0.1, 0.15) is 13.3 Å². The number of carboxylic acids is 1. The first-order valence-corrected chi connectivity index (χ1v) is 4.88. The van der Waals surface area contributed by atoms with E-state index in [4.69, 9.17) is 9.84 Å². The van der Waals surface area contributed by atoms with E-state index in [2.05, 4.69) is 6.58 Å². The molecule has 0 heterocycles. The van der Waals surface area contributed by atoms with E-state index < -0.39 is 11.8 Å². The molecule has 16 heavy (non-hydrogen) atoms. The Bertz CT molecular complexity index is 385. The summed E-state index contributed by atoms with van der Waals surface area (Å²) in [7, 11) is 0. The van der Waals surface area contributed by atoms with E-state index in [0.29, 0.717) is 5.75 Å². The van der Waals surface area contributed by atoms with Crippen molar-refractivity contribution in [1.29, 1.82) is 0 Å². The molecule has 0 saturated carbocycles. The molecule has 0 amide bonds. The number of aliphatic hydroxyl groups is 1. The molecule has 0 spiro atoms. The molecule has 1 aromatic rings. The number of rotatable bonds is 5. The lowest BCUT2D eigenvalue weighted by atomic mass is 10.1. The molecule has 0 aliphatic heterocycles. The van der Waals surface area contributed by atoms with Gasteiger partial charge in [-0.15, -0.1) is 0 Å². The van der Waals surface area contributed by atoms with Gasteiger partial charge in [-0.1, -0.05) is 31.7 Å². The monoisotopic (exact) mass is 222 g/mol. The van der Waals surface area contributed by atoms with Crippen LogP contribution >= 0.6 is 0 Å². The molecule has 0 bridgehead atoms. The van der Waals surface area contributed by atoms with E-state index in [1.165, 1.54) is 0 Å². The fourth-order valence-electron chi connectivity index (χ4n) is 1.20. The highest BCUT2D eigenvalue weighted by atomic mass is 16.6. The molecular formula is C12H14O4. The molecule has 0 radical (unpaired) electrons. The standard InChI is InChI=1S/C12H14O4/c1-3-12(15,9(2)11(13)14)16-10-7-5-4-6-8-10/h4-8,15H,2-3H2,1H3,(H,13,14). The van der Waals surface area contributed by atoms with Crippen LogP contribution in [-0.4, -0.2) is 22.0 Å². The molecule has 1 aromatic carbocycles. The van der Waals surface area contributed by atoms with Gasteiger partial charge in [-0.3, -0.25) is 0 Å². The van der Waals surface area contributed by atoms with Gasteiger partial charge >= 0.3 is 5.97 Å². The van der Waals surface area contributed by atoms with Crippen LogP contribution in [0.15, 0.2) is 42.5 Å². The maximum atomic E-state index is 10.8. The van der Waals surface area contributed by atoms with Gasteiger partial charge in [0.2, 0.25) is 5.79 Å². The van der Waals surface area contributed by atoms with Gasteiger partial charge < -0.3 is 14.9 Å². The summed E-state index contributed by atoms with van der Waals surface area (Å²) in [5.41, 5.74) is -0.376. The van der Waals surface area contributed by atoms with Crippen LogP contribution in [0.4, 0.5) is 0 Å². The Hall–Kier alpha value is -1.81. The van der Waals surface area contributed by atoms with Gasteiger partial charge in [0.15, 0.2) is 0 Å². The predicted molar refractivity (Wildman–Crippen MR) is 59.1 cm³/mol. The number of para-hydroxylation sites is 1. The number of hydrogen-bond donors (Lipinski definition) is 2. The van der Waals surface area contributed by atoms with E-state index in [1.54, 1.807) is 37.3 Å². The Kier molecular flexibility index (Phi) is 3.68. The summed E-state index contributed by atoms with van der Waals surface area (Å²) >= 11 is 0. The minimum absolute atomic E-state index is 0.104. The first-order chi connectivity index (χ1) is 7.49. The number of carboxylic acid groups (broad SMARTS) is 1. The lowest BCUT2D eigenvalue weighted by molar-refractivity contribution is -0.146. The van der Waals surface area contributed by atoms with Crippen LogP contribution in [0.3, 0.4) is 0 Å². The largest absolute Gasteiger partial charge is 0.478 e. The Morgan fingerprint density at radius 3 is 2.44 bits per heavy atom. The SMILES string of the molecule is C=C(C(=O)O)C(O)(CC)Oc1ccccc1. The molecule has 0 aromatic heterocycles. The summed E-state index contributed by atoms with van der Waals surface area (Å²) in [4.78, 5) is 10.8. The highest BCUT2D eigenvalue weighted by molar-refractivity contribution is 5.87. The zero-order valence-corrected chi connectivity index (χ0v) is 9.01. The third-order valence-corrected chi connectivity index (χ3v) is 2.24. The Morgan fingerprint density at radius 1 is 1.44 bits per heavy atom. The fraction of sp³-hybridized carbons (Fsp3) is 0.250. The summed E-state index contributed by atoms with van der Waals surface area (Å²) in [6.07, 6.45) is 0.104. The van der Waals surface area contributed by atoms with Gasteiger partial charge in [-0.2, -0.15) is 0 Å². The molecule has 4 heteroatoms. The van der Waals surface area contributed by atoms with E-state index in [9.17, 15) is 9.90 Å². The summed E-state index contributed by atoms with van der Waals surface area (Å²) in [6, 6.07) is 8.53. The maximum Gasteiger partial charge on any atom is 0.337 e. The van der Waals surface area contributed by atoms with Crippen LogP contribution in [0.25, 0.3) is 0 Å². The van der Waals surface area contributed by atoms with Crippen molar-refractivity contribution >= 4 is 5.97 Å². The van der Waals surface area contributed by atoms with E-state index >= 15 is 0 Å². The van der Waals surface area contributed by atoms with Crippen molar-refractivity contribution in [2.75, 3.05) is 0 Å². The smallest absolute Gasteiger partial charge is 0.337 e. The van der Waals surface area contributed by atoms with Crippen molar-refractivity contribution in [3.63, 3.8) is 0 Å². The quantitative estimate of drug-likeness (QED) is 0.589. The average Bonchev–Trinajstić information content (AvgIpc) is 2.29. The number of aliphatic carboxylic acids is 1. The van der Waals surface area contributed by atoms with Gasteiger partial charge in [-0.05, 0) is 12.1 Å². The molecule has 1 atom stereocenters. The fourth-order valence-corrected chi connectivity index (χ4v) is 1.20. The van der Waals surface area contributed by atoms with Crippen molar-refractivity contribution in [2.45, 2.75) is 19.1 Å². The lowest BCUT2D eigenvalue weighted by Gasteiger charge is -2.27. The highest BCUT2D eigenvalue weighted by Crippen LogP contribution is 2.24. The van der Waals surface area contributed by atoms with E-state index in [-0.39, 0.29) is 12.0 Å². The van der Waals surface area contributed by atoms with E-state index in [1.807, 2.05) is 0 Å². The normalized spacial score (nSPS) is 13.9. The van der Waals surface area contributed by atoms with Gasteiger partial charge in [-0.25, -0.2) is 4.79 Å². The first kappa shape index (κ1) is 12.3. The minimum atomic E-state index is -1.87. The Balaban J connectivity index is 2.90. The van der Waals surface area contributed by atoms with Crippen LogP contribution in [0.2, 0.25) is 0 Å². The zero-order chi connectivity index (χ0) is 12.2. The van der Waals surface area contributed by atoms with Crippen molar-refractivity contribution in [3.8, 4) is 5.75 Å². The van der Waals surface area contributed by atoms with Gasteiger partial charge in [0.05, 0.1) is 0 Å². The minimum Gasteiger partial charge on any atom is -0.478 e. The number of ether oxygens (including phenoxy) is 1. The summed E-state index contributed by atoms with van der Waals surface area (Å²) in [5, 5.41) is 18.8. The summed E-state index contributed by atoms with van der Waals surface area (Å²) in [5.74, 6) is -2.75. The lowest BCUT2D eigenvalue weighted by Crippen LogP contribution is -2.39. The van der Waals surface area contributed by atoms with Crippen LogP contribution < -0.4 is 4.74 Å². The number of carbonyl (C=O) groups is 1. The highest BCUT2D eigenvalue weighted by Gasteiger charge is 2.35. The van der Waals surface area contributed by atoms with E-state index in [0.717, 1.165) is 0 Å². The maximum absolute atomic E-state index is 10.8. The molecule has 0 fully saturated rings. The molecule has 0 aliphatic rings. The number of hydrogen-bond acceptors (Lipinski definition) is 3. The third-order valence-electron chi connectivity index (χ3n) is 2.24. The second kappa shape index (κ2) is 4.81. The molecular weight excluding hydrogens is 208 g/mol. The molecule has 86 valence electrons. The first-order valence-electron chi connectivity index (χ1n) is 4.88. The molecule has 1 rings (SSSR count). The Morgan fingerprint density at radius 2 is 2.00 bits per heavy atom. The summed E-state index contributed by atoms with van der Waals surface area (Å²) in [6.45, 7) is 4.94. The van der Waals surface area contributed by atoms with Crippen molar-refractivity contribution < 1.29 is 19.7 Å². The average molecular weight is 222 g/mol. The zero-order valence-electron chi connectivity index (χ0n) is 9.01. The van der Waals surface area contributed by atoms with Gasteiger partial charge in [0.1, 0.15) is 11.3 Å². The van der Waals surface area contributed by atoms with Crippen molar-refractivity contribution in [3.05, 3.63) is 42.5 Å². The molecule has 1 unspecified atom stereocenters. The molecule has 0 saturated heterocycles. The van der Waals surface area contributed by atoms with Crippen LogP contribution in [-0.2, 0) is 4.79 Å². The van der Waals surface area contributed by atoms with Crippen LogP contribution in [0, 0.1) is 0 Å². The molecule has 0 aliphatic carbocycles. The Labute approximate surface area is 93.8 Å². The second-order valence-electron chi connectivity index (χ2n) is 3.34. The summed E-state index contributed by atoms with van der Waals surface area (Å²) < 4.78 is 5.25. The number of benzene rings is 1. The second-order valence-corrected chi connectivity index (χ2v) is 3.34. The topological polar surface area (TPSA) is 66.8 Å². The van der Waals surface area contributed by atoms with Gasteiger partial charge in [0.25, 0.3) is 0 Å². The molecule has 2 N–H and O–H groups in total. The molecule has 4 nitrogen and oxygen atoms in total. The third kappa shape index (κ3) is 2.61. The van der Waals surface area contributed by atoms with Crippen molar-refractivity contribution in [1.82, 2.24) is 0 Å².